The average Bonchev–Trinajstić information content (AvgIpc) is 2.81. The molecule has 0 aliphatic heterocycles. The molecule has 0 aliphatic rings. The fraction of sp³-hybridized carbons (Fsp3) is 0.286. The molecule has 0 bridgehead atoms. The Morgan fingerprint density at radius 2 is 2.00 bits per heavy atom. The zero-order valence-corrected chi connectivity index (χ0v) is 11.3. The summed E-state index contributed by atoms with van der Waals surface area (Å²) in [6.45, 7) is 5.80. The molecule has 2 rings (SSSR count). The second-order valence-corrected chi connectivity index (χ2v) is 5.38. The Bertz CT molecular complexity index is 645. The van der Waals surface area contributed by atoms with Crippen molar-refractivity contribution in [1.29, 1.82) is 0 Å². The van der Waals surface area contributed by atoms with Crippen molar-refractivity contribution in [2.75, 3.05) is 5.32 Å². The summed E-state index contributed by atoms with van der Waals surface area (Å²) in [4.78, 5) is 11.8. The van der Waals surface area contributed by atoms with Crippen molar-refractivity contribution in [3.8, 4) is 0 Å². The number of anilines is 1. The number of amides is 1. The van der Waals surface area contributed by atoms with Gasteiger partial charge >= 0.3 is 0 Å². The second-order valence-electron chi connectivity index (χ2n) is 5.38. The van der Waals surface area contributed by atoms with Gasteiger partial charge in [-0.15, -0.1) is 0 Å². The molecule has 0 atom stereocenters. The van der Waals surface area contributed by atoms with E-state index in [1.165, 1.54) is 12.1 Å². The van der Waals surface area contributed by atoms with E-state index in [4.69, 9.17) is 4.52 Å². The minimum Gasteiger partial charge on any atom is -0.338 e. The van der Waals surface area contributed by atoms with Gasteiger partial charge in [0.15, 0.2) is 11.6 Å². The Morgan fingerprint density at radius 1 is 1.30 bits per heavy atom. The molecule has 0 spiro atoms. The molecule has 0 radical (unpaired) electrons. The van der Waals surface area contributed by atoms with Crippen LogP contribution in [0.25, 0.3) is 0 Å². The quantitative estimate of drug-likeness (QED) is 0.916. The van der Waals surface area contributed by atoms with Gasteiger partial charge in [0, 0.05) is 11.5 Å². The van der Waals surface area contributed by atoms with Gasteiger partial charge in [0.25, 0.3) is 5.91 Å². The van der Waals surface area contributed by atoms with E-state index in [2.05, 4.69) is 10.5 Å². The summed E-state index contributed by atoms with van der Waals surface area (Å²) in [7, 11) is 0. The third-order valence-electron chi connectivity index (χ3n) is 2.71. The van der Waals surface area contributed by atoms with E-state index < -0.39 is 23.1 Å². The predicted octanol–water partition coefficient (Wildman–Crippen LogP) is 3.50. The van der Waals surface area contributed by atoms with Crippen LogP contribution >= 0.6 is 0 Å². The molecule has 0 unspecified atom stereocenters. The zero-order valence-electron chi connectivity index (χ0n) is 11.3. The maximum atomic E-state index is 13.5. The van der Waals surface area contributed by atoms with Crippen molar-refractivity contribution in [2.45, 2.75) is 26.2 Å². The first-order valence-electron chi connectivity index (χ1n) is 6.01. The molecule has 0 saturated carbocycles. The smallest absolute Gasteiger partial charge is 0.261 e. The second kappa shape index (κ2) is 5.03. The first-order chi connectivity index (χ1) is 9.29. The molecule has 1 aromatic carbocycles. The molecule has 1 aromatic heterocycles. The standard InChI is InChI=1S/C14H14F2N2O2/c1-14(2,3)10-7-11(20-18-10)17-13(19)8-5-4-6-9(15)12(8)16/h4-7H,1-3H3,(H,17,19). The number of hydrogen-bond donors (Lipinski definition) is 1. The highest BCUT2D eigenvalue weighted by molar-refractivity contribution is 6.03. The van der Waals surface area contributed by atoms with Gasteiger partial charge < -0.3 is 4.52 Å². The van der Waals surface area contributed by atoms with Crippen LogP contribution in [0.3, 0.4) is 0 Å². The van der Waals surface area contributed by atoms with Crippen LogP contribution in [0.15, 0.2) is 28.8 Å². The van der Waals surface area contributed by atoms with Gasteiger partial charge in [0.2, 0.25) is 5.88 Å². The highest BCUT2D eigenvalue weighted by atomic mass is 19.2. The van der Waals surface area contributed by atoms with Crippen LogP contribution in [-0.4, -0.2) is 11.1 Å². The van der Waals surface area contributed by atoms with Crippen LogP contribution in [0, 0.1) is 11.6 Å². The number of hydrogen-bond acceptors (Lipinski definition) is 3. The van der Waals surface area contributed by atoms with E-state index in [1.807, 2.05) is 20.8 Å². The fourth-order valence-corrected chi connectivity index (χ4v) is 1.55. The van der Waals surface area contributed by atoms with Crippen molar-refractivity contribution in [1.82, 2.24) is 5.16 Å². The van der Waals surface area contributed by atoms with E-state index in [0.717, 1.165) is 6.07 Å². The number of aromatic nitrogens is 1. The summed E-state index contributed by atoms with van der Waals surface area (Å²) in [5.41, 5.74) is 0.0163. The highest BCUT2D eigenvalue weighted by Gasteiger charge is 2.21. The lowest BCUT2D eigenvalue weighted by molar-refractivity contribution is 0.101. The third-order valence-corrected chi connectivity index (χ3v) is 2.71. The molecule has 1 N–H and O–H groups in total. The van der Waals surface area contributed by atoms with Crippen molar-refractivity contribution in [3.05, 3.63) is 47.2 Å². The monoisotopic (exact) mass is 280 g/mol. The largest absolute Gasteiger partial charge is 0.338 e. The van der Waals surface area contributed by atoms with Crippen LogP contribution in [0.5, 0.6) is 0 Å². The van der Waals surface area contributed by atoms with Gasteiger partial charge in [0.05, 0.1) is 11.3 Å². The number of nitrogens with zero attached hydrogens (tertiary/aromatic N) is 1. The van der Waals surface area contributed by atoms with Crippen LogP contribution < -0.4 is 5.32 Å². The molecule has 6 heteroatoms. The SMILES string of the molecule is CC(C)(C)c1cc(NC(=O)c2cccc(F)c2F)on1. The van der Waals surface area contributed by atoms with Gasteiger partial charge in [-0.3, -0.25) is 10.1 Å². The van der Waals surface area contributed by atoms with E-state index >= 15 is 0 Å². The van der Waals surface area contributed by atoms with Crippen LogP contribution in [0.2, 0.25) is 0 Å². The number of carbonyl (C=O) groups excluding carboxylic acids is 1. The zero-order chi connectivity index (χ0) is 14.9. The van der Waals surface area contributed by atoms with Crippen LogP contribution in [0.4, 0.5) is 14.7 Å². The van der Waals surface area contributed by atoms with E-state index in [1.54, 1.807) is 6.07 Å². The summed E-state index contributed by atoms with van der Waals surface area (Å²) in [5, 5.41) is 6.16. The molecule has 0 fully saturated rings. The fourth-order valence-electron chi connectivity index (χ4n) is 1.55. The van der Waals surface area contributed by atoms with Crippen molar-refractivity contribution >= 4 is 11.8 Å². The van der Waals surface area contributed by atoms with Gasteiger partial charge in [0.1, 0.15) is 0 Å². The van der Waals surface area contributed by atoms with E-state index in [0.29, 0.717) is 5.69 Å². The molecular weight excluding hydrogens is 266 g/mol. The average molecular weight is 280 g/mol. The first kappa shape index (κ1) is 14.2. The summed E-state index contributed by atoms with van der Waals surface area (Å²) in [5.74, 6) is -2.98. The summed E-state index contributed by atoms with van der Waals surface area (Å²) in [6, 6.07) is 4.94. The Balaban J connectivity index is 2.20. The third kappa shape index (κ3) is 2.84. The molecule has 1 amide bonds. The number of nitrogens with one attached hydrogen (secondary N) is 1. The highest BCUT2D eigenvalue weighted by Crippen LogP contribution is 2.24. The summed E-state index contributed by atoms with van der Waals surface area (Å²) < 4.78 is 31.5. The topological polar surface area (TPSA) is 55.1 Å². The predicted molar refractivity (Wildman–Crippen MR) is 69.5 cm³/mol. The van der Waals surface area contributed by atoms with Crippen molar-refractivity contribution < 1.29 is 18.1 Å². The first-order valence-corrected chi connectivity index (χ1v) is 6.01. The molecule has 4 nitrogen and oxygen atoms in total. The van der Waals surface area contributed by atoms with Gasteiger partial charge in [-0.1, -0.05) is 32.0 Å². The Hall–Kier alpha value is -2.24. The number of benzene rings is 1. The summed E-state index contributed by atoms with van der Waals surface area (Å²) >= 11 is 0. The summed E-state index contributed by atoms with van der Waals surface area (Å²) in [6.07, 6.45) is 0. The number of carbonyl (C=O) groups is 1. The Kier molecular flexibility index (Phi) is 3.57. The van der Waals surface area contributed by atoms with E-state index in [9.17, 15) is 13.6 Å². The minimum atomic E-state index is -1.19. The van der Waals surface area contributed by atoms with Gasteiger partial charge in [-0.2, -0.15) is 0 Å². The molecule has 20 heavy (non-hydrogen) atoms. The van der Waals surface area contributed by atoms with Gasteiger partial charge in [-0.05, 0) is 12.1 Å². The number of rotatable bonds is 2. The van der Waals surface area contributed by atoms with Crippen LogP contribution in [-0.2, 0) is 5.41 Å². The molecule has 0 saturated heterocycles. The lowest BCUT2D eigenvalue weighted by Crippen LogP contribution is -2.14. The van der Waals surface area contributed by atoms with Crippen molar-refractivity contribution in [2.24, 2.45) is 0 Å². The van der Waals surface area contributed by atoms with E-state index in [-0.39, 0.29) is 11.3 Å². The maximum absolute atomic E-state index is 13.5. The Labute approximate surface area is 114 Å². The lowest BCUT2D eigenvalue weighted by Gasteiger charge is -2.12. The molecule has 2 aromatic rings. The Morgan fingerprint density at radius 3 is 2.60 bits per heavy atom. The molecule has 1 heterocycles. The molecular formula is C14H14F2N2O2. The minimum absolute atomic E-state index is 0.0867. The normalized spacial score (nSPS) is 11.4. The lowest BCUT2D eigenvalue weighted by atomic mass is 9.92. The number of halogens is 2. The molecule has 0 aliphatic carbocycles. The molecule has 106 valence electrons. The maximum Gasteiger partial charge on any atom is 0.261 e. The van der Waals surface area contributed by atoms with Crippen LogP contribution in [0.1, 0.15) is 36.8 Å². The van der Waals surface area contributed by atoms with Gasteiger partial charge in [-0.25, -0.2) is 8.78 Å². The van der Waals surface area contributed by atoms with Crippen molar-refractivity contribution in [3.63, 3.8) is 0 Å².